The van der Waals surface area contributed by atoms with E-state index in [9.17, 15) is 4.79 Å². The van der Waals surface area contributed by atoms with Crippen molar-refractivity contribution in [2.75, 3.05) is 5.32 Å². The van der Waals surface area contributed by atoms with Crippen LogP contribution in [0.15, 0.2) is 22.7 Å². The summed E-state index contributed by atoms with van der Waals surface area (Å²) in [6, 6.07) is 5.15. The van der Waals surface area contributed by atoms with Gasteiger partial charge in [-0.25, -0.2) is 9.97 Å². The van der Waals surface area contributed by atoms with E-state index in [1.165, 1.54) is 0 Å². The second kappa shape index (κ2) is 5.67. The van der Waals surface area contributed by atoms with E-state index in [1.54, 1.807) is 25.1 Å². The molecule has 2 bridgehead atoms. The van der Waals surface area contributed by atoms with Crippen molar-refractivity contribution in [3.8, 4) is 0 Å². The number of hydrogen-bond acceptors (Lipinski definition) is 5. The fourth-order valence-corrected chi connectivity index (χ4v) is 5.34. The first-order valence-corrected chi connectivity index (χ1v) is 9.91. The highest BCUT2D eigenvalue weighted by Crippen LogP contribution is 2.67. The molecule has 2 aliphatic carbocycles. The summed E-state index contributed by atoms with van der Waals surface area (Å²) in [5.41, 5.74) is 1.84. The van der Waals surface area contributed by atoms with Crippen molar-refractivity contribution in [2.24, 2.45) is 5.41 Å². The molecule has 6 nitrogen and oxygen atoms in total. The highest BCUT2D eigenvalue weighted by Gasteiger charge is 2.68. The number of rotatable bonds is 2. The van der Waals surface area contributed by atoms with Crippen LogP contribution in [0.2, 0.25) is 10.0 Å². The van der Waals surface area contributed by atoms with Gasteiger partial charge in [0, 0.05) is 12.0 Å². The van der Waals surface area contributed by atoms with Crippen LogP contribution < -0.4 is 5.32 Å². The van der Waals surface area contributed by atoms with Crippen molar-refractivity contribution in [3.05, 3.63) is 45.4 Å². The van der Waals surface area contributed by atoms with Gasteiger partial charge in [-0.3, -0.25) is 4.79 Å². The molecule has 3 aromatic rings. The number of benzene rings is 1. The molecule has 2 aromatic heterocycles. The van der Waals surface area contributed by atoms with Gasteiger partial charge in [0.1, 0.15) is 5.76 Å². The van der Waals surface area contributed by atoms with Crippen molar-refractivity contribution >= 4 is 46.0 Å². The van der Waals surface area contributed by atoms with E-state index in [1.807, 2.05) is 0 Å². The van der Waals surface area contributed by atoms with E-state index in [4.69, 9.17) is 37.7 Å². The Balaban J connectivity index is 1.69. The number of halogens is 2. The minimum absolute atomic E-state index is 0.124. The van der Waals surface area contributed by atoms with E-state index in [0.717, 1.165) is 17.8 Å². The van der Waals surface area contributed by atoms with E-state index in [2.05, 4.69) is 24.3 Å². The molecule has 2 atom stereocenters. The molecule has 0 radical (unpaired) electrons. The van der Waals surface area contributed by atoms with Gasteiger partial charge in [0.05, 0.1) is 37.9 Å². The zero-order valence-corrected chi connectivity index (χ0v) is 17.1. The first-order chi connectivity index (χ1) is 13.2. The molecule has 5 rings (SSSR count). The number of nitrogens with one attached hydrogen (secondary N) is 1. The van der Waals surface area contributed by atoms with Crippen molar-refractivity contribution < 1.29 is 9.32 Å². The van der Waals surface area contributed by atoms with Crippen LogP contribution in [0.25, 0.3) is 11.0 Å². The summed E-state index contributed by atoms with van der Waals surface area (Å²) in [6.07, 6.45) is 1.59. The van der Waals surface area contributed by atoms with Gasteiger partial charge in [0.2, 0.25) is 5.91 Å². The van der Waals surface area contributed by atoms with Gasteiger partial charge in [0.15, 0.2) is 5.82 Å². The lowest BCUT2D eigenvalue weighted by molar-refractivity contribution is -0.124. The Morgan fingerprint density at radius 2 is 1.86 bits per heavy atom. The predicted octanol–water partition coefficient (Wildman–Crippen LogP) is 5.03. The monoisotopic (exact) mass is 416 g/mol. The first kappa shape index (κ1) is 17.9. The van der Waals surface area contributed by atoms with Gasteiger partial charge < -0.3 is 9.84 Å². The third kappa shape index (κ3) is 2.16. The molecule has 0 saturated heterocycles. The quantitative estimate of drug-likeness (QED) is 0.633. The number of aryl methyl sites for hydroxylation is 1. The second-order valence-corrected chi connectivity index (χ2v) is 9.02. The summed E-state index contributed by atoms with van der Waals surface area (Å²) >= 11 is 12.3. The van der Waals surface area contributed by atoms with Crippen LogP contribution in [0.4, 0.5) is 5.82 Å². The second-order valence-electron chi connectivity index (χ2n) is 8.21. The summed E-state index contributed by atoms with van der Waals surface area (Å²) in [5, 5.41) is 7.70. The molecule has 1 fully saturated rings. The lowest BCUT2D eigenvalue weighted by Crippen LogP contribution is -2.46. The van der Waals surface area contributed by atoms with Gasteiger partial charge in [-0.1, -0.05) is 42.2 Å². The molecule has 0 aliphatic heterocycles. The third-order valence-corrected chi connectivity index (χ3v) is 7.23. The van der Waals surface area contributed by atoms with Crippen molar-refractivity contribution in [1.82, 2.24) is 15.1 Å². The van der Waals surface area contributed by atoms with E-state index in [0.29, 0.717) is 39.1 Å². The molecule has 144 valence electrons. The van der Waals surface area contributed by atoms with Crippen LogP contribution >= 0.6 is 23.2 Å². The Labute approximate surface area is 171 Å². The zero-order valence-electron chi connectivity index (χ0n) is 15.6. The number of nitrogens with zero attached hydrogens (tertiary/aromatic N) is 3. The molecule has 1 amide bonds. The number of anilines is 1. The average molecular weight is 417 g/mol. The van der Waals surface area contributed by atoms with Crippen LogP contribution in [0.3, 0.4) is 0 Å². The standard InChI is InChI=1S/C20H18Cl2N4O2/c1-9-6-15(26-28-9)25-18(27)20-5-4-10(19(20,2)3)16-17(20)24-14-8-12(22)11(21)7-13(14)23-16/h6-8,10H,4-5H2,1-3H3,(H,25,26,27). The molecular formula is C20H18Cl2N4O2. The van der Waals surface area contributed by atoms with Gasteiger partial charge in [-0.2, -0.15) is 0 Å². The van der Waals surface area contributed by atoms with E-state index < -0.39 is 5.41 Å². The Morgan fingerprint density at radius 3 is 2.50 bits per heavy atom. The summed E-state index contributed by atoms with van der Waals surface area (Å²) in [7, 11) is 0. The number of aromatic nitrogens is 3. The zero-order chi connectivity index (χ0) is 19.8. The van der Waals surface area contributed by atoms with Crippen LogP contribution in [0.1, 0.15) is 49.8 Å². The maximum Gasteiger partial charge on any atom is 0.238 e. The highest BCUT2D eigenvalue weighted by atomic mass is 35.5. The van der Waals surface area contributed by atoms with Crippen molar-refractivity contribution in [1.29, 1.82) is 0 Å². The summed E-state index contributed by atoms with van der Waals surface area (Å²) in [4.78, 5) is 23.3. The molecule has 2 unspecified atom stereocenters. The predicted molar refractivity (Wildman–Crippen MR) is 107 cm³/mol. The lowest BCUT2D eigenvalue weighted by atomic mass is 9.67. The number of carbonyl (C=O) groups excluding carboxylic acids is 1. The van der Waals surface area contributed by atoms with Gasteiger partial charge >= 0.3 is 0 Å². The molecule has 0 spiro atoms. The SMILES string of the molecule is Cc1cc(NC(=O)C23CCC(c4nc5cc(Cl)c(Cl)cc5nc42)C3(C)C)no1. The third-order valence-electron chi connectivity index (χ3n) is 6.50. The van der Waals surface area contributed by atoms with Gasteiger partial charge in [-0.05, 0) is 37.3 Å². The summed E-state index contributed by atoms with van der Waals surface area (Å²) in [6.45, 7) is 6.02. The summed E-state index contributed by atoms with van der Waals surface area (Å²) in [5.74, 6) is 1.08. The smallest absolute Gasteiger partial charge is 0.238 e. The maximum atomic E-state index is 13.5. The van der Waals surface area contributed by atoms with Crippen LogP contribution in [0, 0.1) is 12.3 Å². The highest BCUT2D eigenvalue weighted by molar-refractivity contribution is 6.42. The molecule has 1 saturated carbocycles. The van der Waals surface area contributed by atoms with Crippen LogP contribution in [0.5, 0.6) is 0 Å². The topological polar surface area (TPSA) is 80.9 Å². The normalized spacial score (nSPS) is 24.5. The molecular weight excluding hydrogens is 399 g/mol. The lowest BCUT2D eigenvalue weighted by Gasteiger charge is -2.35. The van der Waals surface area contributed by atoms with Crippen molar-refractivity contribution in [3.63, 3.8) is 0 Å². The Hall–Kier alpha value is -2.18. The van der Waals surface area contributed by atoms with Gasteiger partial charge in [-0.15, -0.1) is 0 Å². The van der Waals surface area contributed by atoms with Gasteiger partial charge in [0.25, 0.3) is 0 Å². The van der Waals surface area contributed by atoms with Crippen LogP contribution in [-0.2, 0) is 10.2 Å². The fourth-order valence-electron chi connectivity index (χ4n) is 5.03. The molecule has 28 heavy (non-hydrogen) atoms. The maximum absolute atomic E-state index is 13.5. The largest absolute Gasteiger partial charge is 0.360 e. The molecule has 2 aliphatic rings. The first-order valence-electron chi connectivity index (χ1n) is 9.16. The van der Waals surface area contributed by atoms with Crippen LogP contribution in [-0.4, -0.2) is 21.0 Å². The number of amides is 1. The Bertz CT molecular complexity index is 1160. The Morgan fingerprint density at radius 1 is 1.18 bits per heavy atom. The molecule has 1 aromatic carbocycles. The number of carbonyl (C=O) groups is 1. The van der Waals surface area contributed by atoms with E-state index >= 15 is 0 Å². The minimum Gasteiger partial charge on any atom is -0.360 e. The van der Waals surface area contributed by atoms with Crippen molar-refractivity contribution in [2.45, 2.75) is 44.9 Å². The van der Waals surface area contributed by atoms with E-state index in [-0.39, 0.29) is 17.2 Å². The summed E-state index contributed by atoms with van der Waals surface area (Å²) < 4.78 is 5.09. The molecule has 2 heterocycles. The number of hydrogen-bond donors (Lipinski definition) is 1. The number of fused-ring (bicyclic) bond motifs is 6. The minimum atomic E-state index is -0.785. The molecule has 8 heteroatoms. The Kier molecular flexibility index (Phi) is 3.62. The molecule has 1 N–H and O–H groups in total. The fraction of sp³-hybridized carbons (Fsp3) is 0.400. The average Bonchev–Trinajstić information content (AvgIpc) is 3.21.